The highest BCUT2D eigenvalue weighted by Gasteiger charge is 2.66. The largest absolute Gasteiger partial charge is 0.393 e. The monoisotopic (exact) mass is 329 g/mol. The Morgan fingerprint density at radius 2 is 1.96 bits per heavy atom. The Kier molecular flexibility index (Phi) is 3.52. The van der Waals surface area contributed by atoms with Crippen LogP contribution < -0.4 is 0 Å². The molecule has 0 amide bonds. The van der Waals surface area contributed by atoms with Gasteiger partial charge in [0.05, 0.1) is 12.2 Å². The molecule has 0 bridgehead atoms. The molecular formula is C21H31NO2. The molecule has 3 heteroatoms. The molecule has 4 aliphatic carbocycles. The van der Waals surface area contributed by atoms with Crippen molar-refractivity contribution in [3.05, 3.63) is 11.6 Å². The Morgan fingerprint density at radius 3 is 2.67 bits per heavy atom. The molecule has 0 aromatic carbocycles. The van der Waals surface area contributed by atoms with Crippen LogP contribution in [0, 0.1) is 45.8 Å². The van der Waals surface area contributed by atoms with Gasteiger partial charge < -0.3 is 10.2 Å². The zero-order valence-electron chi connectivity index (χ0n) is 15.3. The summed E-state index contributed by atoms with van der Waals surface area (Å²) in [6.45, 7) is 6.65. The van der Waals surface area contributed by atoms with Gasteiger partial charge in [0.15, 0.2) is 5.60 Å². The van der Waals surface area contributed by atoms with E-state index in [1.165, 1.54) is 5.57 Å². The molecule has 0 spiro atoms. The molecule has 0 aromatic rings. The predicted octanol–water partition coefficient (Wildman–Crippen LogP) is 3.81. The summed E-state index contributed by atoms with van der Waals surface area (Å²) in [5.74, 6) is 1.73. The number of aliphatic hydroxyl groups excluding tert-OH is 1. The smallest absolute Gasteiger partial charge is 0.159 e. The van der Waals surface area contributed by atoms with Crippen LogP contribution in [-0.2, 0) is 0 Å². The van der Waals surface area contributed by atoms with Crippen LogP contribution in [0.5, 0.6) is 0 Å². The third-order valence-corrected chi connectivity index (χ3v) is 8.83. The van der Waals surface area contributed by atoms with Gasteiger partial charge in [-0.25, -0.2) is 0 Å². The van der Waals surface area contributed by atoms with E-state index in [0.29, 0.717) is 17.8 Å². The second-order valence-electron chi connectivity index (χ2n) is 9.63. The fourth-order valence-corrected chi connectivity index (χ4v) is 7.22. The van der Waals surface area contributed by atoms with E-state index >= 15 is 0 Å². The molecule has 4 aliphatic rings. The molecule has 3 fully saturated rings. The van der Waals surface area contributed by atoms with Crippen LogP contribution in [0.25, 0.3) is 0 Å². The van der Waals surface area contributed by atoms with Crippen LogP contribution in [-0.4, -0.2) is 21.9 Å². The lowest BCUT2D eigenvalue weighted by molar-refractivity contribution is -0.105. The minimum absolute atomic E-state index is 0.0580. The van der Waals surface area contributed by atoms with Gasteiger partial charge in [-0.05, 0) is 74.0 Å². The molecule has 0 aromatic heterocycles. The zero-order valence-corrected chi connectivity index (χ0v) is 15.3. The number of rotatable bonds is 0. The summed E-state index contributed by atoms with van der Waals surface area (Å²) in [7, 11) is 0. The van der Waals surface area contributed by atoms with E-state index in [1.54, 1.807) is 0 Å². The zero-order chi connectivity index (χ0) is 17.3. The van der Waals surface area contributed by atoms with Crippen molar-refractivity contribution in [2.45, 2.75) is 77.4 Å². The number of hydrogen-bond donors (Lipinski definition) is 2. The Bertz CT molecular complexity index is 622. The second-order valence-corrected chi connectivity index (χ2v) is 9.63. The van der Waals surface area contributed by atoms with Gasteiger partial charge in [-0.15, -0.1) is 0 Å². The van der Waals surface area contributed by atoms with Crippen molar-refractivity contribution in [1.82, 2.24) is 0 Å². The minimum Gasteiger partial charge on any atom is -0.393 e. The molecule has 132 valence electrons. The Labute approximate surface area is 145 Å². The van der Waals surface area contributed by atoms with Crippen molar-refractivity contribution in [3.8, 4) is 6.07 Å². The van der Waals surface area contributed by atoms with E-state index in [9.17, 15) is 15.5 Å². The molecule has 8 atom stereocenters. The second kappa shape index (κ2) is 5.08. The van der Waals surface area contributed by atoms with E-state index < -0.39 is 5.60 Å². The van der Waals surface area contributed by atoms with Gasteiger partial charge in [0.2, 0.25) is 0 Å². The first-order valence-electron chi connectivity index (χ1n) is 9.77. The highest BCUT2D eigenvalue weighted by atomic mass is 16.3. The van der Waals surface area contributed by atoms with Gasteiger partial charge in [-0.2, -0.15) is 5.26 Å². The minimum atomic E-state index is -1.17. The van der Waals surface area contributed by atoms with Gasteiger partial charge in [0.25, 0.3) is 0 Å². The Hall–Kier alpha value is -0.850. The number of fused-ring (bicyclic) bond motifs is 5. The Balaban J connectivity index is 1.71. The average Bonchev–Trinajstić information content (AvgIpc) is 2.76. The summed E-state index contributed by atoms with van der Waals surface area (Å²) in [5, 5.41) is 30.9. The van der Waals surface area contributed by atoms with E-state index in [4.69, 9.17) is 0 Å². The first-order valence-corrected chi connectivity index (χ1v) is 9.77. The summed E-state index contributed by atoms with van der Waals surface area (Å²) in [6, 6.07) is 2.30. The van der Waals surface area contributed by atoms with Crippen molar-refractivity contribution >= 4 is 0 Å². The maximum Gasteiger partial charge on any atom is 0.159 e. The van der Waals surface area contributed by atoms with Gasteiger partial charge >= 0.3 is 0 Å². The average molecular weight is 329 g/mol. The lowest BCUT2D eigenvalue weighted by Crippen LogP contribution is -2.55. The summed E-state index contributed by atoms with van der Waals surface area (Å²) in [5.41, 5.74) is 0.266. The fraction of sp³-hybridized carbons (Fsp3) is 0.857. The van der Waals surface area contributed by atoms with Crippen molar-refractivity contribution in [2.24, 2.45) is 34.5 Å². The molecule has 3 saturated carbocycles. The quantitative estimate of drug-likeness (QED) is 0.525. The van der Waals surface area contributed by atoms with Gasteiger partial charge in [-0.3, -0.25) is 0 Å². The lowest BCUT2D eigenvalue weighted by atomic mass is 9.47. The normalized spacial score (nSPS) is 56.5. The third-order valence-electron chi connectivity index (χ3n) is 8.83. The number of aliphatic hydroxyl groups is 2. The molecule has 24 heavy (non-hydrogen) atoms. The Morgan fingerprint density at radius 1 is 1.21 bits per heavy atom. The molecule has 0 saturated heterocycles. The van der Waals surface area contributed by atoms with E-state index in [1.807, 2.05) is 0 Å². The standard InChI is InChI=1S/C21H31NO2/c1-13-10-18-16-5-4-14-11-15(23)6-8-19(14,2)17(16)7-9-20(18,3)21(13,24)12-22/h4,13,15-18,23-24H,5-11H2,1-3H3/t13-,15+,16-,17+,18+,19+,20+,21-/m1/s1. The number of nitriles is 1. The molecule has 0 radical (unpaired) electrons. The lowest BCUT2D eigenvalue weighted by Gasteiger charge is -2.58. The van der Waals surface area contributed by atoms with Crippen LogP contribution in [0.15, 0.2) is 11.6 Å². The molecule has 2 N–H and O–H groups in total. The maximum absolute atomic E-state index is 11.1. The first kappa shape index (κ1) is 16.6. The van der Waals surface area contributed by atoms with Gasteiger partial charge in [-0.1, -0.05) is 32.4 Å². The maximum atomic E-state index is 11.1. The fourth-order valence-electron chi connectivity index (χ4n) is 7.22. The van der Waals surface area contributed by atoms with Gasteiger partial charge in [0, 0.05) is 5.41 Å². The van der Waals surface area contributed by atoms with Crippen LogP contribution in [0.4, 0.5) is 0 Å². The molecule has 4 rings (SSSR count). The number of hydrogen-bond acceptors (Lipinski definition) is 3. The number of nitrogens with zero attached hydrogens (tertiary/aromatic N) is 1. The molecule has 3 nitrogen and oxygen atoms in total. The van der Waals surface area contributed by atoms with Crippen molar-refractivity contribution in [2.75, 3.05) is 0 Å². The first-order chi connectivity index (χ1) is 11.3. The van der Waals surface area contributed by atoms with Crippen LogP contribution in [0.3, 0.4) is 0 Å². The molecular weight excluding hydrogens is 298 g/mol. The van der Waals surface area contributed by atoms with Gasteiger partial charge in [0.1, 0.15) is 0 Å². The van der Waals surface area contributed by atoms with Crippen LogP contribution in [0.1, 0.15) is 65.7 Å². The SMILES string of the molecule is C[C@@H]1C[C@H]2[C@@H]3CC=C4C[C@@H](O)CC[C@]4(C)[C@H]3CC[C@]2(C)[C@@]1(O)C#N. The molecule has 0 aliphatic heterocycles. The topological polar surface area (TPSA) is 64.2 Å². The van der Waals surface area contributed by atoms with Crippen molar-refractivity contribution in [3.63, 3.8) is 0 Å². The summed E-state index contributed by atoms with van der Waals surface area (Å²) < 4.78 is 0. The molecule has 0 heterocycles. The van der Waals surface area contributed by atoms with E-state index in [2.05, 4.69) is 32.9 Å². The third kappa shape index (κ3) is 1.85. The van der Waals surface area contributed by atoms with Crippen LogP contribution in [0.2, 0.25) is 0 Å². The van der Waals surface area contributed by atoms with E-state index in [-0.39, 0.29) is 22.9 Å². The molecule has 0 unspecified atom stereocenters. The van der Waals surface area contributed by atoms with E-state index in [0.717, 1.165) is 44.9 Å². The highest BCUT2D eigenvalue weighted by molar-refractivity contribution is 5.28. The van der Waals surface area contributed by atoms with Crippen LogP contribution >= 0.6 is 0 Å². The summed E-state index contributed by atoms with van der Waals surface area (Å²) in [6.07, 6.45) is 9.20. The highest BCUT2D eigenvalue weighted by Crippen LogP contribution is 2.68. The van der Waals surface area contributed by atoms with Crippen molar-refractivity contribution < 1.29 is 10.2 Å². The summed E-state index contributed by atoms with van der Waals surface area (Å²) in [4.78, 5) is 0. The summed E-state index contributed by atoms with van der Waals surface area (Å²) >= 11 is 0. The number of allylic oxidation sites excluding steroid dienone is 1. The van der Waals surface area contributed by atoms with Crippen molar-refractivity contribution in [1.29, 1.82) is 5.26 Å². The predicted molar refractivity (Wildman–Crippen MR) is 92.8 cm³/mol.